The van der Waals surface area contributed by atoms with Crippen molar-refractivity contribution in [1.82, 2.24) is 24.9 Å². The summed E-state index contributed by atoms with van der Waals surface area (Å²) in [5.74, 6) is -1.99. The van der Waals surface area contributed by atoms with Crippen LogP contribution in [0, 0.1) is 0 Å². The number of ether oxygens (including phenoxy) is 1. The molecule has 5 heterocycles. The number of carbonyl (C=O) groups is 3. The van der Waals surface area contributed by atoms with Crippen molar-refractivity contribution in [2.45, 2.75) is 24.9 Å². The zero-order chi connectivity index (χ0) is 27.0. The van der Waals surface area contributed by atoms with Crippen LogP contribution >= 0.6 is 23.1 Å². The smallest absolute Gasteiger partial charge is 0.307 e. The van der Waals surface area contributed by atoms with E-state index >= 15 is 0 Å². The number of carbonyl (C=O) groups excluding carboxylic acids is 3. The molecule has 38 heavy (non-hydrogen) atoms. The third kappa shape index (κ3) is 4.51. The van der Waals surface area contributed by atoms with Gasteiger partial charge in [0.1, 0.15) is 36.5 Å². The number of rotatable bonds is 9. The van der Waals surface area contributed by atoms with Crippen molar-refractivity contribution in [1.29, 1.82) is 0 Å². The first-order chi connectivity index (χ1) is 18.3. The Kier molecular flexibility index (Phi) is 6.90. The van der Waals surface area contributed by atoms with Gasteiger partial charge in [0.05, 0.1) is 18.8 Å². The fraction of sp³-hybridized carbons (Fsp3) is 0.318. The van der Waals surface area contributed by atoms with Crippen molar-refractivity contribution in [3.63, 3.8) is 0 Å². The third-order valence-electron chi connectivity index (χ3n) is 5.86. The highest BCUT2D eigenvalue weighted by Crippen LogP contribution is 2.40. The van der Waals surface area contributed by atoms with E-state index in [0.29, 0.717) is 22.9 Å². The molecule has 1 fully saturated rings. The Labute approximate surface area is 223 Å². The van der Waals surface area contributed by atoms with Crippen LogP contribution in [-0.4, -0.2) is 73.9 Å². The summed E-state index contributed by atoms with van der Waals surface area (Å²) < 4.78 is 8.55. The molecular formula is C22H22N8O6S2. The number of oxime groups is 1. The Hall–Kier alpha value is -4.18. The van der Waals surface area contributed by atoms with E-state index in [2.05, 4.69) is 20.6 Å². The molecule has 14 nitrogen and oxygen atoms in total. The molecule has 0 saturated carbocycles. The van der Waals surface area contributed by atoms with Crippen molar-refractivity contribution in [2.24, 2.45) is 5.16 Å². The number of aliphatic carboxylic acids is 1. The molecule has 2 amide bonds. The van der Waals surface area contributed by atoms with E-state index in [1.165, 1.54) is 18.9 Å². The standard InChI is InChI=1S/C22H22N8O6S2/c1-3-36-27-15(12-10-38-22(23)24-12)18(31)25-16-19(32)30-17(21(33)34)11(9-37-20(16)30)8-28-6-7-29-14(28)5-4-13(26-29)35-2/h4-7,10,16,20H,3,8-9H2,1-2H3,(H3-,23,24,25,31,33,34)/b27-15+/t16-,20-/m1/s1. The van der Waals surface area contributed by atoms with Crippen LogP contribution < -0.4 is 25.4 Å². The molecule has 3 N–H and O–H groups in total. The first-order valence-electron chi connectivity index (χ1n) is 11.3. The summed E-state index contributed by atoms with van der Waals surface area (Å²) in [6.45, 7) is 2.12. The molecule has 0 aromatic carbocycles. The average molecular weight is 559 g/mol. The second kappa shape index (κ2) is 10.3. The van der Waals surface area contributed by atoms with E-state index in [0.717, 1.165) is 16.2 Å². The zero-order valence-corrected chi connectivity index (χ0v) is 21.8. The van der Waals surface area contributed by atoms with Gasteiger partial charge in [0.15, 0.2) is 17.0 Å². The number of hydrogen-bond donors (Lipinski definition) is 2. The zero-order valence-electron chi connectivity index (χ0n) is 20.2. The van der Waals surface area contributed by atoms with E-state index in [4.69, 9.17) is 15.3 Å². The number of fused-ring (bicyclic) bond motifs is 2. The number of carboxylic acids is 1. The maximum Gasteiger partial charge on any atom is 0.307 e. The summed E-state index contributed by atoms with van der Waals surface area (Å²) in [6, 6.07) is 2.52. The lowest BCUT2D eigenvalue weighted by atomic mass is 10.0. The van der Waals surface area contributed by atoms with Crippen molar-refractivity contribution >= 4 is 57.4 Å². The van der Waals surface area contributed by atoms with Gasteiger partial charge in [0.2, 0.25) is 0 Å². The fourth-order valence-corrected chi connectivity index (χ4v) is 6.03. The van der Waals surface area contributed by atoms with Crippen LogP contribution in [0.4, 0.5) is 5.13 Å². The maximum atomic E-state index is 13.1. The largest absolute Gasteiger partial charge is 0.543 e. The fourth-order valence-electron chi connectivity index (χ4n) is 4.15. The minimum Gasteiger partial charge on any atom is -0.543 e. The van der Waals surface area contributed by atoms with Crippen molar-refractivity contribution in [2.75, 3.05) is 25.2 Å². The average Bonchev–Trinajstić information content (AvgIpc) is 3.52. The van der Waals surface area contributed by atoms with Crippen LogP contribution in [0.1, 0.15) is 12.6 Å². The monoisotopic (exact) mass is 558 g/mol. The predicted octanol–water partition coefficient (Wildman–Crippen LogP) is -1.49. The second-order valence-corrected chi connectivity index (χ2v) is 10.1. The molecule has 0 aliphatic carbocycles. The van der Waals surface area contributed by atoms with Gasteiger partial charge in [-0.15, -0.1) is 23.1 Å². The number of methoxy groups -OCH3 is 1. The molecule has 0 radical (unpaired) electrons. The number of nitrogens with two attached hydrogens (primary N) is 1. The summed E-state index contributed by atoms with van der Waals surface area (Å²) in [7, 11) is 1.51. The molecule has 0 bridgehead atoms. The normalized spacial score (nSPS) is 19.3. The van der Waals surface area contributed by atoms with Gasteiger partial charge in [-0.25, -0.2) is 9.55 Å². The van der Waals surface area contributed by atoms with Gasteiger partial charge >= 0.3 is 5.65 Å². The number of anilines is 1. The van der Waals surface area contributed by atoms with E-state index in [1.807, 2.05) is 4.57 Å². The molecule has 0 spiro atoms. The van der Waals surface area contributed by atoms with Gasteiger partial charge in [-0.3, -0.25) is 14.5 Å². The van der Waals surface area contributed by atoms with Crippen LogP contribution in [0.25, 0.3) is 5.65 Å². The molecular weight excluding hydrogens is 536 g/mol. The maximum absolute atomic E-state index is 13.1. The highest BCUT2D eigenvalue weighted by atomic mass is 32.2. The van der Waals surface area contributed by atoms with Gasteiger partial charge in [-0.2, -0.15) is 0 Å². The van der Waals surface area contributed by atoms with Crippen LogP contribution in [0.15, 0.2) is 46.3 Å². The number of nitrogen functional groups attached to an aromatic ring is 1. The van der Waals surface area contributed by atoms with Gasteiger partial charge in [0, 0.05) is 28.8 Å². The van der Waals surface area contributed by atoms with Gasteiger partial charge in [-0.05, 0) is 12.0 Å². The van der Waals surface area contributed by atoms with E-state index in [-0.39, 0.29) is 35.4 Å². The summed E-state index contributed by atoms with van der Waals surface area (Å²) in [5.41, 5.74) is 6.75. The number of hydrogen-bond acceptors (Lipinski definition) is 12. The number of imidazole rings is 1. The molecule has 3 aromatic rings. The van der Waals surface area contributed by atoms with E-state index in [9.17, 15) is 19.5 Å². The molecule has 2 atom stereocenters. The SMILES string of the molecule is CCO/N=C(/C(=O)N[C@@H]1C(=O)N2C(C(=O)[O-])=C(Cn3cc[n+]4nc(OC)ccc34)CS[C@H]12)c1csc(N)n1. The van der Waals surface area contributed by atoms with Crippen LogP contribution in [0.3, 0.4) is 0 Å². The number of β-lactam (4-membered cyclic amide) rings is 1. The van der Waals surface area contributed by atoms with Crippen molar-refractivity contribution in [3.05, 3.63) is 46.9 Å². The number of amides is 2. The van der Waals surface area contributed by atoms with Crippen LogP contribution in [-0.2, 0) is 25.8 Å². The highest BCUT2D eigenvalue weighted by molar-refractivity contribution is 8.00. The quantitative estimate of drug-likeness (QED) is 0.136. The lowest BCUT2D eigenvalue weighted by Gasteiger charge is -2.50. The second-order valence-electron chi connectivity index (χ2n) is 8.13. The Morgan fingerprint density at radius 1 is 1.39 bits per heavy atom. The van der Waals surface area contributed by atoms with Gasteiger partial charge in [0.25, 0.3) is 17.7 Å². The lowest BCUT2D eigenvalue weighted by Crippen LogP contribution is -2.71. The number of thioether (sulfide) groups is 1. The van der Waals surface area contributed by atoms with Gasteiger partial charge in [-0.1, -0.05) is 9.67 Å². The number of aromatic nitrogens is 4. The lowest BCUT2D eigenvalue weighted by molar-refractivity contribution is -0.580. The highest BCUT2D eigenvalue weighted by Gasteiger charge is 2.53. The first-order valence-corrected chi connectivity index (χ1v) is 13.3. The summed E-state index contributed by atoms with van der Waals surface area (Å²) in [4.78, 5) is 48.5. The molecule has 0 unspecified atom stereocenters. The summed E-state index contributed by atoms with van der Waals surface area (Å²) in [6.07, 6.45) is 3.47. The van der Waals surface area contributed by atoms with Gasteiger partial charge < -0.3 is 30.5 Å². The van der Waals surface area contributed by atoms with Crippen LogP contribution in [0.5, 0.6) is 5.88 Å². The molecule has 2 aliphatic rings. The third-order valence-corrected chi connectivity index (χ3v) is 7.87. The minimum atomic E-state index is -1.47. The predicted molar refractivity (Wildman–Crippen MR) is 134 cm³/mol. The summed E-state index contributed by atoms with van der Waals surface area (Å²) >= 11 is 2.47. The number of nitrogens with one attached hydrogen (secondary N) is 1. The van der Waals surface area contributed by atoms with Crippen molar-refractivity contribution in [3.8, 4) is 5.88 Å². The Morgan fingerprint density at radius 3 is 2.89 bits per heavy atom. The molecule has 16 heteroatoms. The van der Waals surface area contributed by atoms with E-state index < -0.39 is 29.2 Å². The number of carboxylic acid groups (broad SMARTS) is 1. The first kappa shape index (κ1) is 25.5. The number of nitrogens with zero attached hydrogens (tertiary/aromatic N) is 6. The molecule has 3 aromatic heterocycles. The number of thiazole rings is 1. The molecule has 5 rings (SSSR count). The molecule has 1 saturated heterocycles. The topological polar surface area (TPSA) is 181 Å². The molecule has 2 aliphatic heterocycles. The molecule has 198 valence electrons. The van der Waals surface area contributed by atoms with Crippen molar-refractivity contribution < 1.29 is 33.6 Å². The Balaban J connectivity index is 1.36. The minimum absolute atomic E-state index is 0.134. The van der Waals surface area contributed by atoms with Crippen LogP contribution in [0.2, 0.25) is 0 Å². The van der Waals surface area contributed by atoms with E-state index in [1.54, 1.807) is 41.3 Å². The summed E-state index contributed by atoms with van der Waals surface area (Å²) in [5, 5.41) is 24.1. The Bertz CT molecular complexity index is 1500. The Morgan fingerprint density at radius 2 is 2.21 bits per heavy atom.